The zero-order chi connectivity index (χ0) is 21.0. The van der Waals surface area contributed by atoms with E-state index in [1.54, 1.807) is 6.92 Å². The molecule has 1 aliphatic rings. The topological polar surface area (TPSA) is 70.8 Å². The van der Waals surface area contributed by atoms with Gasteiger partial charge in [-0.05, 0) is 63.3 Å². The highest BCUT2D eigenvalue weighted by molar-refractivity contribution is 5.77. The lowest BCUT2D eigenvalue weighted by molar-refractivity contribution is -0.272. The molecule has 6 nitrogen and oxygen atoms in total. The van der Waals surface area contributed by atoms with E-state index >= 15 is 0 Å². The summed E-state index contributed by atoms with van der Waals surface area (Å²) in [5.74, 6) is 0.107. The van der Waals surface area contributed by atoms with Gasteiger partial charge in [0.05, 0.1) is 26.0 Å². The molecule has 1 fully saturated rings. The molecular weight excluding hydrogens is 370 g/mol. The van der Waals surface area contributed by atoms with Gasteiger partial charge >= 0.3 is 5.97 Å². The number of nitrogens with zero attached hydrogens (tertiary/aromatic N) is 1. The number of carbonyl (C=O) groups excluding carboxylic acids is 1. The van der Waals surface area contributed by atoms with Crippen molar-refractivity contribution >= 4 is 5.97 Å². The summed E-state index contributed by atoms with van der Waals surface area (Å²) in [4.78, 5) is 16.4. The molecule has 1 saturated heterocycles. The zero-order valence-electron chi connectivity index (χ0n) is 18.0. The maximum absolute atomic E-state index is 11.7. The molecule has 6 heteroatoms. The average Bonchev–Trinajstić information content (AvgIpc) is 3.08. The van der Waals surface area contributed by atoms with Gasteiger partial charge in [-0.3, -0.25) is 0 Å². The number of unbranched alkanes of at least 4 members (excludes halogenated alkanes) is 1. The number of aryl methyl sites for hydroxylation is 4. The van der Waals surface area contributed by atoms with Gasteiger partial charge in [0.15, 0.2) is 0 Å². The summed E-state index contributed by atoms with van der Waals surface area (Å²) in [6.45, 7) is 8.79. The largest absolute Gasteiger partial charge is 0.465 e. The van der Waals surface area contributed by atoms with Crippen molar-refractivity contribution in [3.63, 3.8) is 0 Å². The number of hydrogen-bond acceptors (Lipinski definition) is 6. The minimum Gasteiger partial charge on any atom is -0.465 e. The van der Waals surface area contributed by atoms with Crippen molar-refractivity contribution in [2.24, 2.45) is 5.92 Å². The molecule has 0 atom stereocenters. The van der Waals surface area contributed by atoms with Crippen LogP contribution in [0.15, 0.2) is 22.6 Å². The number of carbonyl (C=O) groups is 1. The Balaban J connectivity index is 1.46. The first-order valence-corrected chi connectivity index (χ1v) is 10.2. The van der Waals surface area contributed by atoms with Crippen molar-refractivity contribution in [2.75, 3.05) is 20.3 Å². The van der Waals surface area contributed by atoms with Crippen molar-refractivity contribution in [3.8, 4) is 11.5 Å². The molecule has 0 unspecified atom stereocenters. The summed E-state index contributed by atoms with van der Waals surface area (Å²) in [5.41, 5.74) is 4.54. The number of ether oxygens (including phenoxy) is 3. The highest BCUT2D eigenvalue weighted by Crippen LogP contribution is 2.27. The van der Waals surface area contributed by atoms with Crippen LogP contribution in [0.3, 0.4) is 0 Å². The SMILES string of the molecule is COC(=O)[C@]1(C)OC[C@H](CCCCc2nc(-c3ccc(C)c(C)c3)oc2C)CO1. The lowest BCUT2D eigenvalue weighted by atomic mass is 10.0. The van der Waals surface area contributed by atoms with Crippen molar-refractivity contribution in [2.45, 2.75) is 59.2 Å². The summed E-state index contributed by atoms with van der Waals surface area (Å²) in [7, 11) is 1.34. The molecule has 2 aromatic rings. The number of hydrogen-bond donors (Lipinski definition) is 0. The molecule has 0 saturated carbocycles. The van der Waals surface area contributed by atoms with E-state index < -0.39 is 11.8 Å². The number of benzene rings is 1. The van der Waals surface area contributed by atoms with E-state index in [0.717, 1.165) is 42.7 Å². The minimum absolute atomic E-state index is 0.289. The molecular formula is C23H31NO5. The zero-order valence-corrected chi connectivity index (χ0v) is 18.0. The molecule has 1 aromatic carbocycles. The smallest absolute Gasteiger partial charge is 0.366 e. The van der Waals surface area contributed by atoms with Crippen LogP contribution in [0, 0.1) is 26.7 Å². The Kier molecular flexibility index (Phi) is 6.75. The van der Waals surface area contributed by atoms with Crippen LogP contribution in [0.25, 0.3) is 11.5 Å². The van der Waals surface area contributed by atoms with Gasteiger partial charge in [0.2, 0.25) is 5.89 Å². The number of rotatable bonds is 7. The Labute approximate surface area is 172 Å². The van der Waals surface area contributed by atoms with Crippen molar-refractivity contribution in [3.05, 3.63) is 40.8 Å². The van der Waals surface area contributed by atoms with Gasteiger partial charge in [0.25, 0.3) is 5.79 Å². The van der Waals surface area contributed by atoms with Crippen LogP contribution in [-0.4, -0.2) is 37.1 Å². The summed E-state index contributed by atoms with van der Waals surface area (Å²) >= 11 is 0. The summed E-state index contributed by atoms with van der Waals surface area (Å²) in [6.07, 6.45) is 3.93. The third-order valence-electron chi connectivity index (χ3n) is 5.67. The van der Waals surface area contributed by atoms with E-state index in [2.05, 4.69) is 32.0 Å². The first-order chi connectivity index (χ1) is 13.8. The highest BCUT2D eigenvalue weighted by Gasteiger charge is 2.41. The van der Waals surface area contributed by atoms with Crippen molar-refractivity contribution < 1.29 is 23.4 Å². The third kappa shape index (κ3) is 5.06. The van der Waals surface area contributed by atoms with Crippen LogP contribution in [0.5, 0.6) is 0 Å². The molecule has 1 aliphatic heterocycles. The van der Waals surface area contributed by atoms with Crippen LogP contribution >= 0.6 is 0 Å². The predicted octanol–water partition coefficient (Wildman–Crippen LogP) is 4.53. The fourth-order valence-corrected chi connectivity index (χ4v) is 3.50. The third-order valence-corrected chi connectivity index (χ3v) is 5.67. The Bertz CT molecular complexity index is 849. The van der Waals surface area contributed by atoms with E-state index in [4.69, 9.17) is 23.6 Å². The number of esters is 1. The van der Waals surface area contributed by atoms with E-state index in [9.17, 15) is 4.79 Å². The molecule has 29 heavy (non-hydrogen) atoms. The maximum atomic E-state index is 11.7. The van der Waals surface area contributed by atoms with Gasteiger partial charge in [-0.1, -0.05) is 12.5 Å². The van der Waals surface area contributed by atoms with Crippen molar-refractivity contribution in [1.82, 2.24) is 4.98 Å². The highest BCUT2D eigenvalue weighted by atomic mass is 16.7. The van der Waals surface area contributed by atoms with Gasteiger partial charge in [-0.2, -0.15) is 0 Å². The molecule has 158 valence electrons. The van der Waals surface area contributed by atoms with Crippen molar-refractivity contribution in [1.29, 1.82) is 0 Å². The van der Waals surface area contributed by atoms with Crippen LogP contribution < -0.4 is 0 Å². The monoisotopic (exact) mass is 401 g/mol. The molecule has 1 aromatic heterocycles. The second-order valence-corrected chi connectivity index (χ2v) is 7.99. The summed E-state index contributed by atoms with van der Waals surface area (Å²) in [5, 5.41) is 0. The van der Waals surface area contributed by atoms with Gasteiger partial charge < -0.3 is 18.6 Å². The summed E-state index contributed by atoms with van der Waals surface area (Å²) in [6, 6.07) is 6.28. The molecule has 3 rings (SSSR count). The molecule has 2 heterocycles. The maximum Gasteiger partial charge on any atom is 0.366 e. The first kappa shape index (κ1) is 21.5. The van der Waals surface area contributed by atoms with Crippen LogP contribution in [0.2, 0.25) is 0 Å². The van der Waals surface area contributed by atoms with Gasteiger partial charge in [-0.25, -0.2) is 9.78 Å². The van der Waals surface area contributed by atoms with Gasteiger partial charge in [-0.15, -0.1) is 0 Å². The Hall–Kier alpha value is -2.18. The lowest BCUT2D eigenvalue weighted by Gasteiger charge is -2.35. The van der Waals surface area contributed by atoms with Crippen LogP contribution in [0.1, 0.15) is 48.8 Å². The number of methoxy groups -OCH3 is 1. The fraction of sp³-hybridized carbons (Fsp3) is 0.565. The lowest BCUT2D eigenvalue weighted by Crippen LogP contribution is -2.48. The second kappa shape index (κ2) is 9.09. The average molecular weight is 402 g/mol. The standard InChI is InChI=1S/C23H31NO5/c1-15-10-11-19(12-16(15)2)21-24-20(17(3)29-21)9-7-6-8-18-13-27-23(4,28-14-18)22(25)26-5/h10-12,18H,6-9,13-14H2,1-5H3/t18-,23+. The van der Waals surface area contributed by atoms with E-state index in [1.807, 2.05) is 6.92 Å². The normalized spacial score (nSPS) is 21.9. The summed E-state index contributed by atoms with van der Waals surface area (Å²) < 4.78 is 21.9. The second-order valence-electron chi connectivity index (χ2n) is 7.99. The number of aromatic nitrogens is 1. The van der Waals surface area contributed by atoms with Gasteiger partial charge in [0, 0.05) is 18.4 Å². The molecule has 0 radical (unpaired) electrons. The molecule has 0 spiro atoms. The fourth-order valence-electron chi connectivity index (χ4n) is 3.50. The Morgan fingerprint density at radius 3 is 2.55 bits per heavy atom. The Morgan fingerprint density at radius 1 is 1.17 bits per heavy atom. The van der Waals surface area contributed by atoms with E-state index in [1.165, 1.54) is 18.2 Å². The predicted molar refractivity (Wildman–Crippen MR) is 110 cm³/mol. The Morgan fingerprint density at radius 2 is 1.90 bits per heavy atom. The van der Waals surface area contributed by atoms with E-state index in [0.29, 0.717) is 19.1 Å². The molecule has 0 N–H and O–H groups in total. The number of oxazole rings is 1. The van der Waals surface area contributed by atoms with Crippen LogP contribution in [0.4, 0.5) is 0 Å². The van der Waals surface area contributed by atoms with Crippen LogP contribution in [-0.2, 0) is 25.4 Å². The quantitative estimate of drug-likeness (QED) is 0.501. The van der Waals surface area contributed by atoms with Gasteiger partial charge in [0.1, 0.15) is 5.76 Å². The molecule has 0 amide bonds. The van der Waals surface area contributed by atoms with E-state index in [-0.39, 0.29) is 5.92 Å². The molecule has 0 bridgehead atoms. The molecule has 0 aliphatic carbocycles. The first-order valence-electron chi connectivity index (χ1n) is 10.2. The minimum atomic E-state index is -1.27.